The predicted octanol–water partition coefficient (Wildman–Crippen LogP) is 2.78. The van der Waals surface area contributed by atoms with Crippen molar-refractivity contribution in [3.8, 4) is 11.5 Å². The average Bonchev–Trinajstić information content (AvgIpc) is 2.78. The van der Waals surface area contributed by atoms with Gasteiger partial charge in [-0.05, 0) is 37.6 Å². The number of rotatable bonds is 5. The van der Waals surface area contributed by atoms with Gasteiger partial charge in [-0.3, -0.25) is 9.79 Å². The number of ether oxygens (including phenoxy) is 1. The molecular formula is C15H16N2O3S. The number of aliphatic imine (C=N–C) groups is 1. The van der Waals surface area contributed by atoms with Crippen LogP contribution in [-0.2, 0) is 0 Å². The van der Waals surface area contributed by atoms with Gasteiger partial charge >= 0.3 is 0 Å². The monoisotopic (exact) mass is 304 g/mol. The lowest BCUT2D eigenvalue weighted by Crippen LogP contribution is -2.03. The number of hydrogen-bond donors (Lipinski definition) is 1. The minimum Gasteiger partial charge on any atom is -0.504 e. The van der Waals surface area contributed by atoms with E-state index < -0.39 is 0 Å². The van der Waals surface area contributed by atoms with Gasteiger partial charge in [0.25, 0.3) is 0 Å². The molecule has 0 aliphatic heterocycles. The molecule has 1 aromatic heterocycles. The van der Waals surface area contributed by atoms with Gasteiger partial charge in [-0.25, -0.2) is 4.98 Å². The Morgan fingerprint density at radius 1 is 1.48 bits per heavy atom. The van der Waals surface area contributed by atoms with Gasteiger partial charge in [-0.15, -0.1) is 11.3 Å². The zero-order valence-corrected chi connectivity index (χ0v) is 12.9. The molecule has 0 bridgehead atoms. The first kappa shape index (κ1) is 15.2. The Bertz CT molecular complexity index is 692. The van der Waals surface area contributed by atoms with Gasteiger partial charge in [0.2, 0.25) is 0 Å². The number of aryl methyl sites for hydroxylation is 2. The second kappa shape index (κ2) is 6.49. The Hall–Kier alpha value is -2.21. The molecule has 1 N–H and O–H groups in total. The maximum absolute atomic E-state index is 12.0. The number of Topliss-reactive ketones (excluding diaryl/α,β-unsaturated/α-hetero) is 1. The largest absolute Gasteiger partial charge is 0.504 e. The molecule has 1 aromatic carbocycles. The van der Waals surface area contributed by atoms with Gasteiger partial charge in [-0.2, -0.15) is 0 Å². The molecule has 1 heterocycles. The van der Waals surface area contributed by atoms with Crippen LogP contribution in [0.15, 0.2) is 23.2 Å². The van der Waals surface area contributed by atoms with Crippen LogP contribution in [0.3, 0.4) is 0 Å². The number of carbonyl (C=O) groups excluding carboxylic acids is 1. The summed E-state index contributed by atoms with van der Waals surface area (Å²) < 4.78 is 4.96. The summed E-state index contributed by atoms with van der Waals surface area (Å²) in [5.41, 5.74) is 1.46. The number of thiazole rings is 1. The maximum atomic E-state index is 12.0. The summed E-state index contributed by atoms with van der Waals surface area (Å²) in [6, 6.07) is 4.94. The normalized spacial score (nSPS) is 11.0. The zero-order valence-electron chi connectivity index (χ0n) is 12.1. The van der Waals surface area contributed by atoms with Crippen molar-refractivity contribution < 1.29 is 14.6 Å². The molecule has 0 saturated carbocycles. The number of aromatic hydroxyl groups is 1. The number of phenols is 1. The van der Waals surface area contributed by atoms with Crippen LogP contribution in [0.25, 0.3) is 0 Å². The smallest absolute Gasteiger partial charge is 0.195 e. The topological polar surface area (TPSA) is 71.8 Å². The van der Waals surface area contributed by atoms with Crippen molar-refractivity contribution in [1.82, 2.24) is 4.98 Å². The highest BCUT2D eigenvalue weighted by Crippen LogP contribution is 2.25. The number of phenolic OH excluding ortho intramolecular Hbond substituents is 1. The van der Waals surface area contributed by atoms with Crippen molar-refractivity contribution >= 4 is 23.3 Å². The molecule has 0 saturated heterocycles. The van der Waals surface area contributed by atoms with Crippen molar-refractivity contribution in [1.29, 1.82) is 0 Å². The lowest BCUT2D eigenvalue weighted by Gasteiger charge is -2.02. The quantitative estimate of drug-likeness (QED) is 0.681. The Balaban J connectivity index is 2.04. The highest BCUT2D eigenvalue weighted by atomic mass is 32.1. The second-order valence-electron chi connectivity index (χ2n) is 4.47. The van der Waals surface area contributed by atoms with E-state index >= 15 is 0 Å². The van der Waals surface area contributed by atoms with Crippen LogP contribution >= 0.6 is 11.3 Å². The fraction of sp³-hybridized carbons (Fsp3) is 0.267. The first-order chi connectivity index (χ1) is 10.0. The molecule has 0 unspecified atom stereocenters. The van der Waals surface area contributed by atoms with E-state index in [-0.39, 0.29) is 18.1 Å². The van der Waals surface area contributed by atoms with Crippen LogP contribution in [-0.4, -0.2) is 35.7 Å². The SMILES string of the molecule is COc1ccc(C=NCC(=O)c2sc(C)nc2C)cc1O. The van der Waals surface area contributed by atoms with Gasteiger partial charge in [0.05, 0.1) is 22.7 Å². The average molecular weight is 304 g/mol. The van der Waals surface area contributed by atoms with E-state index in [0.29, 0.717) is 16.2 Å². The van der Waals surface area contributed by atoms with Crippen molar-refractivity contribution in [2.45, 2.75) is 13.8 Å². The van der Waals surface area contributed by atoms with Crippen molar-refractivity contribution in [3.63, 3.8) is 0 Å². The van der Waals surface area contributed by atoms with Gasteiger partial charge in [0, 0.05) is 6.21 Å². The minimum absolute atomic E-state index is 0.0432. The summed E-state index contributed by atoms with van der Waals surface area (Å²) in [5.74, 6) is 0.396. The van der Waals surface area contributed by atoms with Crippen molar-refractivity contribution in [2.75, 3.05) is 13.7 Å². The van der Waals surface area contributed by atoms with Gasteiger partial charge in [0.1, 0.15) is 6.54 Å². The Morgan fingerprint density at radius 3 is 2.81 bits per heavy atom. The van der Waals surface area contributed by atoms with E-state index in [1.807, 2.05) is 13.8 Å². The molecule has 21 heavy (non-hydrogen) atoms. The van der Waals surface area contributed by atoms with Crippen molar-refractivity contribution in [2.24, 2.45) is 4.99 Å². The van der Waals surface area contributed by atoms with Gasteiger partial charge in [0.15, 0.2) is 17.3 Å². The number of nitrogens with zero attached hydrogens (tertiary/aromatic N) is 2. The van der Waals surface area contributed by atoms with E-state index in [1.165, 1.54) is 24.5 Å². The zero-order chi connectivity index (χ0) is 15.4. The number of hydrogen-bond acceptors (Lipinski definition) is 6. The van der Waals surface area contributed by atoms with E-state index in [0.717, 1.165) is 10.7 Å². The highest BCUT2D eigenvalue weighted by Gasteiger charge is 2.12. The molecule has 0 spiro atoms. The van der Waals surface area contributed by atoms with E-state index in [9.17, 15) is 9.90 Å². The number of carbonyl (C=O) groups is 1. The van der Waals surface area contributed by atoms with Crippen LogP contribution in [0.2, 0.25) is 0 Å². The molecule has 0 radical (unpaired) electrons. The van der Waals surface area contributed by atoms with Crippen molar-refractivity contribution in [3.05, 3.63) is 39.3 Å². The van der Waals surface area contributed by atoms with Gasteiger partial charge in [-0.1, -0.05) is 0 Å². The molecule has 0 aliphatic carbocycles. The molecular weight excluding hydrogens is 288 g/mol. The molecule has 0 aliphatic rings. The third kappa shape index (κ3) is 3.66. The number of aromatic nitrogens is 1. The standard InChI is InChI=1S/C15H16N2O3S/c1-9-15(21-10(2)17-9)13(19)8-16-7-11-4-5-14(20-3)12(18)6-11/h4-7,18H,8H2,1-3H3. The molecule has 0 fully saturated rings. The third-order valence-corrected chi connectivity index (χ3v) is 3.95. The fourth-order valence-electron chi connectivity index (χ4n) is 1.88. The van der Waals surface area contributed by atoms with Crippen LogP contribution in [0.5, 0.6) is 11.5 Å². The number of ketones is 1. The molecule has 0 amide bonds. The molecule has 2 rings (SSSR count). The molecule has 5 nitrogen and oxygen atoms in total. The molecule has 0 atom stereocenters. The highest BCUT2D eigenvalue weighted by molar-refractivity contribution is 7.13. The second-order valence-corrected chi connectivity index (χ2v) is 5.67. The van der Waals surface area contributed by atoms with Crippen LogP contribution in [0.1, 0.15) is 25.9 Å². The van der Waals surface area contributed by atoms with Crippen LogP contribution in [0, 0.1) is 13.8 Å². The maximum Gasteiger partial charge on any atom is 0.195 e. The fourth-order valence-corrected chi connectivity index (χ4v) is 2.73. The summed E-state index contributed by atoms with van der Waals surface area (Å²) in [5, 5.41) is 10.5. The predicted molar refractivity (Wildman–Crippen MR) is 83.0 cm³/mol. The molecule has 110 valence electrons. The molecule has 2 aromatic rings. The first-order valence-corrected chi connectivity index (χ1v) is 7.17. The summed E-state index contributed by atoms with van der Waals surface area (Å²) in [4.78, 5) is 21.0. The van der Waals surface area contributed by atoms with Crippen LogP contribution < -0.4 is 4.74 Å². The minimum atomic E-state index is -0.0490. The van der Waals surface area contributed by atoms with E-state index in [1.54, 1.807) is 18.3 Å². The van der Waals surface area contributed by atoms with E-state index in [2.05, 4.69) is 9.98 Å². The lowest BCUT2D eigenvalue weighted by molar-refractivity contribution is 0.100. The third-order valence-electron chi connectivity index (χ3n) is 2.83. The Labute approximate surface area is 127 Å². The lowest BCUT2D eigenvalue weighted by atomic mass is 10.2. The summed E-state index contributed by atoms with van der Waals surface area (Å²) in [6.07, 6.45) is 1.56. The Kier molecular flexibility index (Phi) is 4.70. The summed E-state index contributed by atoms with van der Waals surface area (Å²) in [7, 11) is 1.49. The van der Waals surface area contributed by atoms with Crippen LogP contribution in [0.4, 0.5) is 0 Å². The summed E-state index contributed by atoms with van der Waals surface area (Å²) in [6.45, 7) is 3.76. The number of methoxy groups -OCH3 is 1. The Morgan fingerprint density at radius 2 is 2.24 bits per heavy atom. The van der Waals surface area contributed by atoms with Gasteiger partial charge < -0.3 is 9.84 Å². The first-order valence-electron chi connectivity index (χ1n) is 6.35. The number of benzene rings is 1. The van der Waals surface area contributed by atoms with E-state index in [4.69, 9.17) is 4.74 Å². The summed E-state index contributed by atoms with van der Waals surface area (Å²) >= 11 is 1.39. The molecule has 6 heteroatoms.